The molecule has 0 unspecified atom stereocenters. The van der Waals surface area contributed by atoms with E-state index in [-0.39, 0.29) is 30.1 Å². The molecule has 1 aromatic carbocycles. The summed E-state index contributed by atoms with van der Waals surface area (Å²) in [5.74, 6) is 0.0637. The highest BCUT2D eigenvalue weighted by Gasteiger charge is 2.24. The van der Waals surface area contributed by atoms with E-state index in [1.807, 2.05) is 19.1 Å². The summed E-state index contributed by atoms with van der Waals surface area (Å²) in [4.78, 5) is 24.5. The number of anilines is 1. The summed E-state index contributed by atoms with van der Waals surface area (Å²) in [6.07, 6.45) is 3.87. The van der Waals surface area contributed by atoms with Gasteiger partial charge in [-0.3, -0.25) is 9.59 Å². The highest BCUT2D eigenvalue weighted by molar-refractivity contribution is 5.98. The number of carbonyl (C=O) groups is 2. The van der Waals surface area contributed by atoms with Crippen LogP contribution < -0.4 is 16.0 Å². The minimum Gasteiger partial charge on any atom is -0.349 e. The largest absolute Gasteiger partial charge is 0.349 e. The minimum atomic E-state index is -0.0557. The smallest absolute Gasteiger partial charge is 0.251 e. The summed E-state index contributed by atoms with van der Waals surface area (Å²) in [6, 6.07) is 5.82. The molecule has 3 rings (SSSR count). The second-order valence-corrected chi connectivity index (χ2v) is 6.29. The fraction of sp³-hybridized carbons (Fsp3) is 0.529. The Morgan fingerprint density at radius 1 is 1.13 bits per heavy atom. The fourth-order valence-corrected chi connectivity index (χ4v) is 2.71. The Morgan fingerprint density at radius 3 is 2.48 bits per heavy atom. The summed E-state index contributed by atoms with van der Waals surface area (Å²) >= 11 is 0. The first-order valence-electron chi connectivity index (χ1n) is 8.06. The van der Waals surface area contributed by atoms with Crippen LogP contribution in [-0.4, -0.2) is 30.9 Å². The van der Waals surface area contributed by atoms with Gasteiger partial charge in [0.1, 0.15) is 0 Å². The van der Waals surface area contributed by atoms with Crippen molar-refractivity contribution >= 4 is 29.9 Å². The maximum Gasteiger partial charge on any atom is 0.251 e. The lowest BCUT2D eigenvalue weighted by molar-refractivity contribution is -0.120. The molecule has 3 N–H and O–H groups in total. The maximum absolute atomic E-state index is 12.3. The second-order valence-electron chi connectivity index (χ2n) is 6.29. The van der Waals surface area contributed by atoms with E-state index in [9.17, 15) is 9.59 Å². The zero-order valence-corrected chi connectivity index (χ0v) is 14.2. The van der Waals surface area contributed by atoms with Crippen molar-refractivity contribution in [3.05, 3.63) is 29.3 Å². The number of benzene rings is 1. The average molecular weight is 338 g/mol. The van der Waals surface area contributed by atoms with E-state index >= 15 is 0 Å². The molecular weight excluding hydrogens is 314 g/mol. The van der Waals surface area contributed by atoms with E-state index < -0.39 is 0 Å². The molecule has 1 aromatic rings. The first kappa shape index (κ1) is 17.8. The van der Waals surface area contributed by atoms with Gasteiger partial charge in [-0.15, -0.1) is 12.4 Å². The number of aryl methyl sites for hydroxylation is 1. The Hall–Kier alpha value is -1.59. The molecule has 23 heavy (non-hydrogen) atoms. The van der Waals surface area contributed by atoms with Crippen molar-refractivity contribution in [1.82, 2.24) is 10.6 Å². The summed E-state index contributed by atoms with van der Waals surface area (Å²) in [6.45, 7) is 3.72. The summed E-state index contributed by atoms with van der Waals surface area (Å²) < 4.78 is 0. The Balaban J connectivity index is 0.00000192. The Bertz CT molecular complexity index is 581. The standard InChI is InChI=1S/C17H23N3O2.ClH/c1-11-2-3-13(17(22)19-14-4-5-14)10-15(11)20-16(21)12-6-8-18-9-7-12;/h2-3,10,12,14,18H,4-9H2,1H3,(H,19,22)(H,20,21);1H. The molecule has 2 amide bonds. The van der Waals surface area contributed by atoms with Crippen LogP contribution in [0.2, 0.25) is 0 Å². The van der Waals surface area contributed by atoms with Gasteiger partial charge < -0.3 is 16.0 Å². The van der Waals surface area contributed by atoms with E-state index in [4.69, 9.17) is 0 Å². The van der Waals surface area contributed by atoms with Crippen LogP contribution in [0.25, 0.3) is 0 Å². The fourth-order valence-electron chi connectivity index (χ4n) is 2.71. The predicted molar refractivity (Wildman–Crippen MR) is 93.1 cm³/mol. The lowest BCUT2D eigenvalue weighted by Gasteiger charge is -2.22. The molecule has 2 fully saturated rings. The van der Waals surface area contributed by atoms with Gasteiger partial charge in [-0.05, 0) is 63.4 Å². The van der Waals surface area contributed by atoms with Crippen molar-refractivity contribution < 1.29 is 9.59 Å². The van der Waals surface area contributed by atoms with Crippen molar-refractivity contribution in [1.29, 1.82) is 0 Å². The molecule has 1 saturated heterocycles. The van der Waals surface area contributed by atoms with Crippen molar-refractivity contribution in [3.8, 4) is 0 Å². The number of carbonyl (C=O) groups excluding carboxylic acids is 2. The van der Waals surface area contributed by atoms with Gasteiger partial charge in [-0.2, -0.15) is 0 Å². The molecule has 0 atom stereocenters. The average Bonchev–Trinajstić information content (AvgIpc) is 3.34. The van der Waals surface area contributed by atoms with Crippen LogP contribution in [0.1, 0.15) is 41.6 Å². The molecule has 6 heteroatoms. The predicted octanol–water partition coefficient (Wildman–Crippen LogP) is 2.25. The summed E-state index contributed by atoms with van der Waals surface area (Å²) in [5, 5.41) is 9.23. The van der Waals surface area contributed by atoms with E-state index in [1.54, 1.807) is 6.07 Å². The Morgan fingerprint density at radius 2 is 1.83 bits per heavy atom. The number of hydrogen-bond acceptors (Lipinski definition) is 3. The molecule has 1 heterocycles. The van der Waals surface area contributed by atoms with Gasteiger partial charge in [-0.25, -0.2) is 0 Å². The van der Waals surface area contributed by atoms with Crippen LogP contribution in [-0.2, 0) is 4.79 Å². The van der Waals surface area contributed by atoms with Crippen LogP contribution in [0, 0.1) is 12.8 Å². The number of hydrogen-bond donors (Lipinski definition) is 3. The Labute approximate surface area is 143 Å². The number of nitrogens with one attached hydrogen (secondary N) is 3. The SMILES string of the molecule is Cc1ccc(C(=O)NC2CC2)cc1NC(=O)C1CCNCC1.Cl. The van der Waals surface area contributed by atoms with Crippen LogP contribution in [0.5, 0.6) is 0 Å². The molecule has 5 nitrogen and oxygen atoms in total. The topological polar surface area (TPSA) is 70.2 Å². The van der Waals surface area contributed by atoms with Crippen LogP contribution in [0.15, 0.2) is 18.2 Å². The molecule has 1 saturated carbocycles. The second kappa shape index (κ2) is 7.79. The molecule has 2 aliphatic rings. The lowest BCUT2D eigenvalue weighted by Crippen LogP contribution is -2.34. The van der Waals surface area contributed by atoms with Gasteiger partial charge >= 0.3 is 0 Å². The van der Waals surface area contributed by atoms with Gasteiger partial charge in [0.2, 0.25) is 5.91 Å². The highest BCUT2D eigenvalue weighted by Crippen LogP contribution is 2.22. The van der Waals surface area contributed by atoms with E-state index in [0.717, 1.165) is 50.0 Å². The lowest BCUT2D eigenvalue weighted by atomic mass is 9.97. The maximum atomic E-state index is 12.3. The summed E-state index contributed by atoms with van der Waals surface area (Å²) in [5.41, 5.74) is 2.33. The quantitative estimate of drug-likeness (QED) is 0.789. The molecule has 0 radical (unpaired) electrons. The van der Waals surface area contributed by atoms with Gasteiger partial charge in [0.05, 0.1) is 0 Å². The molecule has 126 valence electrons. The van der Waals surface area contributed by atoms with Crippen molar-refractivity contribution in [3.63, 3.8) is 0 Å². The van der Waals surface area contributed by atoms with Crippen LogP contribution in [0.4, 0.5) is 5.69 Å². The first-order valence-corrected chi connectivity index (χ1v) is 8.06. The van der Waals surface area contributed by atoms with Crippen LogP contribution >= 0.6 is 12.4 Å². The number of piperidine rings is 1. The van der Waals surface area contributed by atoms with Crippen molar-refractivity contribution in [2.75, 3.05) is 18.4 Å². The number of halogens is 1. The Kier molecular flexibility index (Phi) is 6.02. The van der Waals surface area contributed by atoms with E-state index in [1.165, 1.54) is 0 Å². The zero-order chi connectivity index (χ0) is 15.5. The van der Waals surface area contributed by atoms with E-state index in [2.05, 4.69) is 16.0 Å². The monoisotopic (exact) mass is 337 g/mol. The number of amides is 2. The molecule has 1 aliphatic carbocycles. The van der Waals surface area contributed by atoms with Gasteiger partial charge in [-0.1, -0.05) is 6.07 Å². The third-order valence-electron chi connectivity index (χ3n) is 4.38. The molecular formula is C17H24ClN3O2. The number of rotatable bonds is 4. The molecule has 1 aliphatic heterocycles. The third kappa shape index (κ3) is 4.69. The first-order chi connectivity index (χ1) is 10.6. The van der Waals surface area contributed by atoms with Crippen molar-refractivity contribution in [2.45, 2.75) is 38.6 Å². The highest BCUT2D eigenvalue weighted by atomic mass is 35.5. The van der Waals surface area contributed by atoms with Crippen LogP contribution in [0.3, 0.4) is 0 Å². The molecule has 0 bridgehead atoms. The normalized spacial score (nSPS) is 18.0. The zero-order valence-electron chi connectivity index (χ0n) is 13.4. The van der Waals surface area contributed by atoms with Gasteiger partial charge in [0.15, 0.2) is 0 Å². The third-order valence-corrected chi connectivity index (χ3v) is 4.38. The van der Waals surface area contributed by atoms with E-state index in [0.29, 0.717) is 11.6 Å². The molecule has 0 aromatic heterocycles. The van der Waals surface area contributed by atoms with Gasteiger partial charge in [0, 0.05) is 23.2 Å². The van der Waals surface area contributed by atoms with Gasteiger partial charge in [0.25, 0.3) is 5.91 Å². The summed E-state index contributed by atoms with van der Waals surface area (Å²) in [7, 11) is 0. The molecule has 0 spiro atoms. The van der Waals surface area contributed by atoms with Crippen molar-refractivity contribution in [2.24, 2.45) is 5.92 Å². The minimum absolute atomic E-state index is 0.